The van der Waals surface area contributed by atoms with Crippen molar-refractivity contribution < 1.29 is 14.3 Å². The Bertz CT molecular complexity index is 940. The number of H-pyrrole nitrogens is 1. The first kappa shape index (κ1) is 22.1. The Labute approximate surface area is 189 Å². The lowest BCUT2D eigenvalue weighted by Gasteiger charge is -2.45. The van der Waals surface area contributed by atoms with Crippen molar-refractivity contribution in [1.82, 2.24) is 20.0 Å². The Hall–Kier alpha value is -3.09. The van der Waals surface area contributed by atoms with Crippen LogP contribution in [-0.2, 0) is 22.4 Å². The molecule has 7 heteroatoms. The molecule has 2 aliphatic rings. The molecule has 2 aliphatic heterocycles. The maximum Gasteiger partial charge on any atom is 0.260 e. The number of nitrogens with one attached hydrogen (secondary N) is 1. The van der Waals surface area contributed by atoms with Crippen molar-refractivity contribution in [2.75, 3.05) is 20.2 Å². The average molecular weight is 437 g/mol. The number of ether oxygens (including phenoxy) is 1. The maximum atomic E-state index is 13.2. The number of allylic oxidation sites excluding steroid dienone is 1. The quantitative estimate of drug-likeness (QED) is 0.747. The summed E-state index contributed by atoms with van der Waals surface area (Å²) >= 11 is 0. The van der Waals surface area contributed by atoms with Crippen LogP contribution in [-0.4, -0.2) is 64.1 Å². The molecule has 32 heavy (non-hydrogen) atoms. The lowest BCUT2D eigenvalue weighted by Crippen LogP contribution is -2.57. The number of nitrogens with zero attached hydrogens (tertiary/aromatic N) is 3. The molecule has 0 aliphatic carbocycles. The topological polar surface area (TPSA) is 78.5 Å². The van der Waals surface area contributed by atoms with Gasteiger partial charge >= 0.3 is 0 Å². The number of benzene rings is 1. The maximum absolute atomic E-state index is 13.2. The number of rotatable bonds is 4. The minimum absolute atomic E-state index is 0.00278. The van der Waals surface area contributed by atoms with Crippen LogP contribution in [0.5, 0.6) is 5.75 Å². The lowest BCUT2D eigenvalue weighted by molar-refractivity contribution is -0.143. The van der Waals surface area contributed by atoms with Gasteiger partial charge in [-0.25, -0.2) is 0 Å². The van der Waals surface area contributed by atoms with Crippen molar-refractivity contribution in [3.63, 3.8) is 0 Å². The number of aromatic amines is 1. The number of para-hydroxylation sites is 1. The first-order valence-electron chi connectivity index (χ1n) is 11.5. The van der Waals surface area contributed by atoms with Gasteiger partial charge in [-0.2, -0.15) is 5.10 Å². The molecule has 1 fully saturated rings. The molecule has 0 bridgehead atoms. The Morgan fingerprint density at radius 3 is 2.97 bits per heavy atom. The number of aryl methyl sites for hydroxylation is 1. The molecule has 0 unspecified atom stereocenters. The molecule has 1 aromatic heterocycles. The summed E-state index contributed by atoms with van der Waals surface area (Å²) in [6.07, 6.45) is 13.4. The normalized spacial score (nSPS) is 22.7. The number of aromatic nitrogens is 2. The Kier molecular flexibility index (Phi) is 7.24. The van der Waals surface area contributed by atoms with E-state index in [2.05, 4.69) is 22.3 Å². The highest BCUT2D eigenvalue weighted by Crippen LogP contribution is 2.27. The van der Waals surface area contributed by atoms with Crippen LogP contribution in [0.1, 0.15) is 43.2 Å². The number of fused-ring (bicyclic) bond motifs is 2. The van der Waals surface area contributed by atoms with Crippen LogP contribution in [0.2, 0.25) is 0 Å². The number of likely N-dealkylation sites (N-methyl/N-ethyl adjacent to an activating group) is 1. The van der Waals surface area contributed by atoms with Crippen LogP contribution < -0.4 is 4.74 Å². The molecule has 2 aromatic rings. The first-order valence-corrected chi connectivity index (χ1v) is 11.5. The molecule has 0 radical (unpaired) electrons. The van der Waals surface area contributed by atoms with E-state index in [-0.39, 0.29) is 30.5 Å². The first-order chi connectivity index (χ1) is 15.6. The average Bonchev–Trinajstić information content (AvgIpc) is 3.33. The largest absolute Gasteiger partial charge is 0.483 e. The van der Waals surface area contributed by atoms with Gasteiger partial charge in [0, 0.05) is 26.2 Å². The summed E-state index contributed by atoms with van der Waals surface area (Å²) in [5.41, 5.74) is 2.18. The summed E-state index contributed by atoms with van der Waals surface area (Å²) in [6.45, 7) is 0.764. The van der Waals surface area contributed by atoms with E-state index in [0.29, 0.717) is 6.42 Å². The van der Waals surface area contributed by atoms with Crippen LogP contribution in [0.4, 0.5) is 0 Å². The van der Waals surface area contributed by atoms with E-state index in [1.807, 2.05) is 42.4 Å². The third-order valence-electron chi connectivity index (χ3n) is 6.57. The summed E-state index contributed by atoms with van der Waals surface area (Å²) in [4.78, 5) is 29.9. The van der Waals surface area contributed by atoms with Crippen molar-refractivity contribution in [2.45, 2.75) is 57.0 Å². The van der Waals surface area contributed by atoms with Gasteiger partial charge in [-0.3, -0.25) is 14.7 Å². The highest BCUT2D eigenvalue weighted by molar-refractivity contribution is 5.79. The second-order valence-corrected chi connectivity index (χ2v) is 8.64. The number of piperidine rings is 1. The van der Waals surface area contributed by atoms with E-state index in [1.165, 1.54) is 0 Å². The Morgan fingerprint density at radius 2 is 2.12 bits per heavy atom. The van der Waals surface area contributed by atoms with Crippen molar-refractivity contribution in [1.29, 1.82) is 0 Å². The predicted octanol–water partition coefficient (Wildman–Crippen LogP) is 3.13. The third-order valence-corrected chi connectivity index (χ3v) is 6.57. The molecule has 7 nitrogen and oxygen atoms in total. The van der Waals surface area contributed by atoms with E-state index >= 15 is 0 Å². The monoisotopic (exact) mass is 436 g/mol. The number of amides is 2. The zero-order valence-electron chi connectivity index (χ0n) is 18.7. The van der Waals surface area contributed by atoms with E-state index < -0.39 is 0 Å². The van der Waals surface area contributed by atoms with E-state index in [4.69, 9.17) is 4.74 Å². The van der Waals surface area contributed by atoms with E-state index in [1.54, 1.807) is 11.1 Å². The van der Waals surface area contributed by atoms with Gasteiger partial charge in [0.05, 0.1) is 18.3 Å². The Morgan fingerprint density at radius 1 is 1.25 bits per heavy atom. The molecular weight excluding hydrogens is 404 g/mol. The van der Waals surface area contributed by atoms with Gasteiger partial charge in [0.2, 0.25) is 5.91 Å². The van der Waals surface area contributed by atoms with Gasteiger partial charge in [-0.05, 0) is 55.7 Å². The highest BCUT2D eigenvalue weighted by Gasteiger charge is 2.37. The smallest absolute Gasteiger partial charge is 0.260 e. The number of hydrogen-bond donors (Lipinski definition) is 1. The number of carbonyl (C=O) groups excluding carboxylic acids is 2. The molecule has 0 spiro atoms. The molecule has 4 rings (SSSR count). The highest BCUT2D eigenvalue weighted by atomic mass is 16.5. The van der Waals surface area contributed by atoms with Crippen LogP contribution in [0.3, 0.4) is 0 Å². The molecule has 0 saturated carbocycles. The second kappa shape index (κ2) is 10.5. The summed E-state index contributed by atoms with van der Waals surface area (Å²) in [5.74, 6) is 0.883. The fourth-order valence-electron chi connectivity index (χ4n) is 4.77. The van der Waals surface area contributed by atoms with Gasteiger partial charge in [0.1, 0.15) is 5.75 Å². The number of carbonyl (C=O) groups is 2. The van der Waals surface area contributed by atoms with Crippen LogP contribution in [0.25, 0.3) is 0 Å². The van der Waals surface area contributed by atoms with Gasteiger partial charge in [-0.15, -0.1) is 0 Å². The fraction of sp³-hybridized carbons (Fsp3) is 0.480. The molecule has 1 aromatic carbocycles. The molecule has 1 saturated heterocycles. The minimum atomic E-state index is -0.0476. The summed E-state index contributed by atoms with van der Waals surface area (Å²) < 4.78 is 5.87. The summed E-state index contributed by atoms with van der Waals surface area (Å²) in [5, 5.41) is 6.78. The molecule has 1 N–H and O–H groups in total. The molecule has 2 atom stereocenters. The summed E-state index contributed by atoms with van der Waals surface area (Å²) in [6, 6.07) is 7.84. The standard InChI is InChI=1S/C25H32N4O3/c1-28-21-12-7-15-29(24(30)14-6-8-19-16-26-27-17-19)22(21)11-4-2-9-20-10-3-5-13-23(20)32-18-25(28)31/h2-5,10,13,16-17,21-22H,6-9,11-12,14-15,18H2,1H3,(H,26,27)/b4-2+/t21-,22-/m1/s1. The summed E-state index contributed by atoms with van der Waals surface area (Å²) in [7, 11) is 1.84. The third kappa shape index (κ3) is 5.21. The predicted molar refractivity (Wildman–Crippen MR) is 122 cm³/mol. The van der Waals surface area contributed by atoms with Crippen molar-refractivity contribution >= 4 is 11.8 Å². The zero-order chi connectivity index (χ0) is 22.3. The zero-order valence-corrected chi connectivity index (χ0v) is 18.7. The van der Waals surface area contributed by atoms with E-state index in [9.17, 15) is 9.59 Å². The molecule has 3 heterocycles. The van der Waals surface area contributed by atoms with Crippen LogP contribution in [0.15, 0.2) is 48.8 Å². The van der Waals surface area contributed by atoms with Crippen LogP contribution in [0, 0.1) is 0 Å². The van der Waals surface area contributed by atoms with E-state index in [0.717, 1.165) is 61.9 Å². The van der Waals surface area contributed by atoms with Gasteiger partial charge in [-0.1, -0.05) is 30.4 Å². The van der Waals surface area contributed by atoms with Crippen LogP contribution >= 0.6 is 0 Å². The lowest BCUT2D eigenvalue weighted by atomic mass is 9.91. The van der Waals surface area contributed by atoms with Crippen molar-refractivity contribution in [2.24, 2.45) is 0 Å². The van der Waals surface area contributed by atoms with Gasteiger partial charge in [0.15, 0.2) is 6.61 Å². The number of likely N-dealkylation sites (tertiary alicyclic amines) is 1. The van der Waals surface area contributed by atoms with Crippen molar-refractivity contribution in [3.8, 4) is 5.75 Å². The van der Waals surface area contributed by atoms with Crippen molar-refractivity contribution in [3.05, 3.63) is 59.9 Å². The molecular formula is C25H32N4O3. The second-order valence-electron chi connectivity index (χ2n) is 8.64. The SMILES string of the molecule is CN1C(=O)COc2ccccc2C/C=C/C[C@@H]2[C@H]1CCCN2C(=O)CCCc1cn[nH]c1. The fourth-order valence-corrected chi connectivity index (χ4v) is 4.77. The molecule has 170 valence electrons. The van der Waals surface area contributed by atoms with Gasteiger partial charge < -0.3 is 14.5 Å². The molecule has 2 amide bonds. The Balaban J connectivity index is 1.48. The minimum Gasteiger partial charge on any atom is -0.483 e. The van der Waals surface area contributed by atoms with Gasteiger partial charge in [0.25, 0.3) is 5.91 Å². The number of hydrogen-bond acceptors (Lipinski definition) is 4.